The molecule has 0 N–H and O–H groups in total. The third-order valence-corrected chi connectivity index (χ3v) is 5.76. The van der Waals surface area contributed by atoms with Crippen molar-refractivity contribution in [3.05, 3.63) is 35.5 Å². The van der Waals surface area contributed by atoms with E-state index in [1.165, 1.54) is 24.3 Å². The Labute approximate surface area is 166 Å². The molecule has 0 radical (unpaired) electrons. The number of sulfone groups is 1. The van der Waals surface area contributed by atoms with Gasteiger partial charge >= 0.3 is 6.18 Å². The number of ether oxygens (including phenoxy) is 1. The fourth-order valence-electron chi connectivity index (χ4n) is 3.19. The first-order valence-electron chi connectivity index (χ1n) is 8.72. The summed E-state index contributed by atoms with van der Waals surface area (Å²) in [7, 11) is -3.47. The van der Waals surface area contributed by atoms with E-state index in [2.05, 4.69) is 5.10 Å². The van der Waals surface area contributed by atoms with Crippen molar-refractivity contribution in [1.82, 2.24) is 9.78 Å². The second-order valence-corrected chi connectivity index (χ2v) is 9.00. The largest absolute Gasteiger partial charge is 0.436 e. The van der Waals surface area contributed by atoms with Gasteiger partial charge in [-0.3, -0.25) is 0 Å². The van der Waals surface area contributed by atoms with Crippen molar-refractivity contribution in [2.45, 2.75) is 37.1 Å². The molecule has 1 aliphatic heterocycles. The average Bonchev–Trinajstić information content (AvgIpc) is 3.03. The predicted molar refractivity (Wildman–Crippen MR) is 98.6 cm³/mol. The van der Waals surface area contributed by atoms with Crippen LogP contribution in [0, 0.1) is 11.3 Å². The maximum absolute atomic E-state index is 13.6. The number of rotatable bonds is 3. The Morgan fingerprint density at radius 3 is 2.38 bits per heavy atom. The zero-order chi connectivity index (χ0) is 21.6. The molecule has 11 heteroatoms. The molecule has 1 saturated heterocycles. The van der Waals surface area contributed by atoms with Crippen LogP contribution in [0.15, 0.2) is 29.2 Å². The Hall–Kier alpha value is -2.58. The molecule has 1 aromatic carbocycles. The lowest BCUT2D eigenvalue weighted by Gasteiger charge is -2.38. The summed E-state index contributed by atoms with van der Waals surface area (Å²) in [5.74, 6) is 0.00887. The topological polar surface area (TPSA) is 88.2 Å². The van der Waals surface area contributed by atoms with E-state index >= 15 is 0 Å². The van der Waals surface area contributed by atoms with Crippen molar-refractivity contribution in [1.29, 1.82) is 5.26 Å². The van der Waals surface area contributed by atoms with E-state index in [1.54, 1.807) is 24.8 Å². The highest BCUT2D eigenvalue weighted by Crippen LogP contribution is 2.38. The van der Waals surface area contributed by atoms with Crippen LogP contribution in [0.1, 0.15) is 25.1 Å². The van der Waals surface area contributed by atoms with Gasteiger partial charge in [0.1, 0.15) is 11.6 Å². The Balaban J connectivity index is 2.23. The van der Waals surface area contributed by atoms with E-state index in [-0.39, 0.29) is 41.7 Å². The van der Waals surface area contributed by atoms with Crippen molar-refractivity contribution in [3.63, 3.8) is 0 Å². The molecule has 0 saturated carbocycles. The molecule has 29 heavy (non-hydrogen) atoms. The molecule has 0 amide bonds. The lowest BCUT2D eigenvalue weighted by Crippen LogP contribution is -2.48. The Morgan fingerprint density at radius 1 is 1.24 bits per heavy atom. The molecule has 156 valence electrons. The molecule has 2 atom stereocenters. The Kier molecular flexibility index (Phi) is 5.36. The quantitative estimate of drug-likeness (QED) is 0.747. The molecule has 3 rings (SSSR count). The van der Waals surface area contributed by atoms with Gasteiger partial charge < -0.3 is 9.64 Å². The average molecular weight is 428 g/mol. The van der Waals surface area contributed by atoms with Crippen LogP contribution in [0.25, 0.3) is 5.69 Å². The molecule has 0 unspecified atom stereocenters. The fourth-order valence-corrected chi connectivity index (χ4v) is 3.82. The van der Waals surface area contributed by atoms with Crippen molar-refractivity contribution in [2.75, 3.05) is 24.3 Å². The number of aromatic nitrogens is 2. The van der Waals surface area contributed by atoms with Crippen LogP contribution in [-0.4, -0.2) is 49.8 Å². The van der Waals surface area contributed by atoms with Gasteiger partial charge in [-0.25, -0.2) is 13.1 Å². The Morgan fingerprint density at radius 2 is 1.86 bits per heavy atom. The van der Waals surface area contributed by atoms with Crippen LogP contribution < -0.4 is 4.90 Å². The first-order chi connectivity index (χ1) is 13.4. The number of anilines is 1. The molecule has 7 nitrogen and oxygen atoms in total. The van der Waals surface area contributed by atoms with Crippen LogP contribution in [0.4, 0.5) is 19.0 Å². The molecule has 0 spiro atoms. The maximum atomic E-state index is 13.6. The van der Waals surface area contributed by atoms with Crippen LogP contribution in [0.5, 0.6) is 0 Å². The smallest absolute Gasteiger partial charge is 0.375 e. The number of nitriles is 1. The van der Waals surface area contributed by atoms with Crippen molar-refractivity contribution < 1.29 is 26.3 Å². The monoisotopic (exact) mass is 428 g/mol. The van der Waals surface area contributed by atoms with Crippen LogP contribution in [-0.2, 0) is 20.8 Å². The van der Waals surface area contributed by atoms with Crippen molar-refractivity contribution in [2.24, 2.45) is 0 Å². The normalized spacial score (nSPS) is 20.5. The lowest BCUT2D eigenvalue weighted by molar-refractivity contribution is -0.141. The summed E-state index contributed by atoms with van der Waals surface area (Å²) in [6.07, 6.45) is -4.03. The zero-order valence-corrected chi connectivity index (χ0v) is 16.8. The minimum absolute atomic E-state index is 0.00887. The minimum Gasteiger partial charge on any atom is -0.375 e. The molecule has 0 bridgehead atoms. The van der Waals surface area contributed by atoms with Gasteiger partial charge in [0.05, 0.1) is 29.3 Å². The third-order valence-electron chi connectivity index (χ3n) is 4.63. The summed E-state index contributed by atoms with van der Waals surface area (Å²) in [6, 6.07) is 6.67. The summed E-state index contributed by atoms with van der Waals surface area (Å²) in [5.41, 5.74) is -1.65. The van der Waals surface area contributed by atoms with E-state index in [4.69, 9.17) is 4.74 Å². The number of benzene rings is 1. The molecular formula is C18H19F3N4O3S. The second kappa shape index (κ2) is 7.35. The minimum atomic E-state index is -4.82. The number of morpholine rings is 1. The maximum Gasteiger partial charge on any atom is 0.436 e. The van der Waals surface area contributed by atoms with Gasteiger partial charge in [-0.2, -0.15) is 23.5 Å². The van der Waals surface area contributed by atoms with Crippen molar-refractivity contribution >= 4 is 15.7 Å². The van der Waals surface area contributed by atoms with Gasteiger partial charge in [-0.1, -0.05) is 0 Å². The number of hydrogen-bond acceptors (Lipinski definition) is 6. The summed E-state index contributed by atoms with van der Waals surface area (Å²) >= 11 is 0. The fraction of sp³-hybridized carbons (Fsp3) is 0.444. The highest BCUT2D eigenvalue weighted by molar-refractivity contribution is 7.90. The second-order valence-electron chi connectivity index (χ2n) is 6.98. The predicted octanol–water partition coefficient (Wildman–Crippen LogP) is 2.78. The zero-order valence-electron chi connectivity index (χ0n) is 15.9. The van der Waals surface area contributed by atoms with Gasteiger partial charge in [0, 0.05) is 12.8 Å². The Bertz CT molecular complexity index is 1060. The van der Waals surface area contributed by atoms with Gasteiger partial charge in [0.2, 0.25) is 0 Å². The number of nitrogens with zero attached hydrogens (tertiary/aromatic N) is 4. The van der Waals surface area contributed by atoms with Crippen LogP contribution >= 0.6 is 0 Å². The summed E-state index contributed by atoms with van der Waals surface area (Å²) in [4.78, 5) is 1.69. The highest BCUT2D eigenvalue weighted by Gasteiger charge is 2.42. The van der Waals surface area contributed by atoms with Gasteiger partial charge in [0.25, 0.3) is 0 Å². The van der Waals surface area contributed by atoms with E-state index in [1.807, 2.05) is 0 Å². The number of alkyl halides is 3. The first-order valence-corrected chi connectivity index (χ1v) is 10.6. The highest BCUT2D eigenvalue weighted by atomic mass is 32.2. The van der Waals surface area contributed by atoms with Crippen LogP contribution in [0.3, 0.4) is 0 Å². The van der Waals surface area contributed by atoms with E-state index in [9.17, 15) is 26.9 Å². The molecule has 0 aliphatic carbocycles. The van der Waals surface area contributed by atoms with Gasteiger partial charge in [-0.15, -0.1) is 0 Å². The summed E-state index contributed by atoms with van der Waals surface area (Å²) in [5, 5.41) is 13.2. The standard InChI is InChI=1S/C18H19F3N4O3S/c1-11-10-28-12(2)9-24(11)17-15(8-22)16(18(19,20)21)23-25(17)13-4-6-14(7-5-13)29(3,26)27/h4-7,11-12H,9-10H2,1-3H3/t11-,12-/m1/s1. The number of halogens is 3. The van der Waals surface area contributed by atoms with Crippen molar-refractivity contribution in [3.8, 4) is 11.8 Å². The van der Waals surface area contributed by atoms with Crippen LogP contribution in [0.2, 0.25) is 0 Å². The van der Waals surface area contributed by atoms with Gasteiger partial charge in [-0.05, 0) is 38.1 Å². The molecular weight excluding hydrogens is 409 g/mol. The van der Waals surface area contributed by atoms with Gasteiger partial charge in [0.15, 0.2) is 21.3 Å². The van der Waals surface area contributed by atoms with E-state index < -0.39 is 27.3 Å². The summed E-state index contributed by atoms with van der Waals surface area (Å²) < 4.78 is 70.6. The molecule has 1 fully saturated rings. The summed E-state index contributed by atoms with van der Waals surface area (Å²) in [6.45, 7) is 4.13. The molecule has 2 aromatic rings. The number of hydrogen-bond donors (Lipinski definition) is 0. The van der Waals surface area contributed by atoms with E-state index in [0.717, 1.165) is 10.9 Å². The third kappa shape index (κ3) is 4.09. The molecule has 2 heterocycles. The first kappa shape index (κ1) is 21.1. The molecule has 1 aliphatic rings. The SMILES string of the molecule is C[C@@H]1CN(c2c(C#N)c(C(F)(F)F)nn2-c2ccc(S(C)(=O)=O)cc2)[C@H](C)CO1. The lowest BCUT2D eigenvalue weighted by atomic mass is 10.1. The van der Waals surface area contributed by atoms with E-state index in [0.29, 0.717) is 0 Å². The molecule has 1 aromatic heterocycles.